The van der Waals surface area contributed by atoms with Gasteiger partial charge >= 0.3 is 0 Å². The quantitative estimate of drug-likeness (QED) is 0.694. The number of nitro groups is 1. The molecule has 1 atom stereocenters. The van der Waals surface area contributed by atoms with Crippen molar-refractivity contribution in [2.24, 2.45) is 7.05 Å². The second kappa shape index (κ2) is 5.59. The molecule has 0 spiro atoms. The van der Waals surface area contributed by atoms with Crippen molar-refractivity contribution in [2.75, 3.05) is 0 Å². The number of carbonyl (C=O) groups is 1. The van der Waals surface area contributed by atoms with Crippen LogP contribution in [0.25, 0.3) is 0 Å². The van der Waals surface area contributed by atoms with Gasteiger partial charge in [-0.2, -0.15) is 5.10 Å². The normalized spacial score (nSPS) is 16.9. The molecule has 0 saturated heterocycles. The molecular weight excluding hydrogens is 284 g/mol. The molecule has 22 heavy (non-hydrogen) atoms. The van der Waals surface area contributed by atoms with Crippen molar-refractivity contribution in [3.63, 3.8) is 0 Å². The summed E-state index contributed by atoms with van der Waals surface area (Å²) in [5, 5.41) is 18.0. The van der Waals surface area contributed by atoms with E-state index in [0.717, 1.165) is 30.5 Å². The average Bonchev–Trinajstić information content (AvgIpc) is 2.90. The zero-order valence-electron chi connectivity index (χ0n) is 12.2. The molecule has 0 bridgehead atoms. The Labute approximate surface area is 127 Å². The molecule has 0 radical (unpaired) electrons. The van der Waals surface area contributed by atoms with Crippen molar-refractivity contribution in [1.82, 2.24) is 15.1 Å². The van der Waals surface area contributed by atoms with Gasteiger partial charge in [0.25, 0.3) is 11.6 Å². The van der Waals surface area contributed by atoms with Crippen LogP contribution in [-0.4, -0.2) is 20.6 Å². The summed E-state index contributed by atoms with van der Waals surface area (Å²) in [6.07, 6.45) is 4.56. The zero-order chi connectivity index (χ0) is 15.7. The fraction of sp³-hybridized carbons (Fsp3) is 0.333. The van der Waals surface area contributed by atoms with Crippen molar-refractivity contribution < 1.29 is 9.72 Å². The highest BCUT2D eigenvalue weighted by Crippen LogP contribution is 2.29. The maximum Gasteiger partial charge on any atom is 0.270 e. The zero-order valence-corrected chi connectivity index (χ0v) is 12.2. The van der Waals surface area contributed by atoms with E-state index in [1.165, 1.54) is 18.2 Å². The number of carbonyl (C=O) groups excluding carboxylic acids is 1. The Hall–Kier alpha value is -2.70. The van der Waals surface area contributed by atoms with E-state index in [1.807, 2.05) is 11.7 Å². The smallest absolute Gasteiger partial charge is 0.270 e. The summed E-state index contributed by atoms with van der Waals surface area (Å²) in [6, 6.07) is 5.67. The molecule has 0 fully saturated rings. The van der Waals surface area contributed by atoms with E-state index in [0.29, 0.717) is 5.56 Å². The molecule has 1 amide bonds. The first-order chi connectivity index (χ1) is 10.6. The summed E-state index contributed by atoms with van der Waals surface area (Å²) in [4.78, 5) is 22.6. The van der Waals surface area contributed by atoms with Gasteiger partial charge in [0.2, 0.25) is 0 Å². The maximum atomic E-state index is 12.3. The highest BCUT2D eigenvalue weighted by atomic mass is 16.6. The first-order valence-electron chi connectivity index (χ1n) is 7.12. The standard InChI is InChI=1S/C15H16N4O3/c1-18-14-7-3-6-13(12(14)9-16-18)17-15(20)10-4-2-5-11(8-10)19(21)22/h2,4-5,8-9,13H,3,6-7H2,1H3,(H,17,20). The van der Waals surface area contributed by atoms with Crippen LogP contribution in [0.4, 0.5) is 5.69 Å². The van der Waals surface area contributed by atoms with Gasteiger partial charge in [0.05, 0.1) is 17.2 Å². The van der Waals surface area contributed by atoms with Crippen molar-refractivity contribution in [1.29, 1.82) is 0 Å². The van der Waals surface area contributed by atoms with Gasteiger partial charge in [0, 0.05) is 36.0 Å². The lowest BCUT2D eigenvalue weighted by molar-refractivity contribution is -0.384. The molecule has 1 aliphatic carbocycles. The molecule has 7 heteroatoms. The second-order valence-corrected chi connectivity index (χ2v) is 5.40. The van der Waals surface area contributed by atoms with Gasteiger partial charge in [-0.05, 0) is 25.3 Å². The van der Waals surface area contributed by atoms with E-state index < -0.39 is 4.92 Å². The van der Waals surface area contributed by atoms with E-state index >= 15 is 0 Å². The third-order valence-electron chi connectivity index (χ3n) is 4.00. The second-order valence-electron chi connectivity index (χ2n) is 5.40. The van der Waals surface area contributed by atoms with E-state index in [4.69, 9.17) is 0 Å². The van der Waals surface area contributed by atoms with Crippen LogP contribution in [0.15, 0.2) is 30.5 Å². The lowest BCUT2D eigenvalue weighted by atomic mass is 9.92. The topological polar surface area (TPSA) is 90.1 Å². The number of non-ortho nitro benzene ring substituents is 1. The number of nitrogens with zero attached hydrogens (tertiary/aromatic N) is 3. The van der Waals surface area contributed by atoms with Gasteiger partial charge in [-0.1, -0.05) is 6.07 Å². The van der Waals surface area contributed by atoms with E-state index in [2.05, 4.69) is 10.4 Å². The minimum absolute atomic E-state index is 0.0849. The van der Waals surface area contributed by atoms with Gasteiger partial charge in [-0.3, -0.25) is 19.6 Å². The Morgan fingerprint density at radius 2 is 2.32 bits per heavy atom. The number of nitrogens with one attached hydrogen (secondary N) is 1. The lowest BCUT2D eigenvalue weighted by Gasteiger charge is -2.23. The van der Waals surface area contributed by atoms with E-state index in [1.54, 1.807) is 12.3 Å². The van der Waals surface area contributed by atoms with Gasteiger partial charge < -0.3 is 5.32 Å². The average molecular weight is 300 g/mol. The predicted octanol–water partition coefficient (Wildman–Crippen LogP) is 2.14. The van der Waals surface area contributed by atoms with Crippen LogP contribution in [-0.2, 0) is 13.5 Å². The summed E-state index contributed by atoms with van der Waals surface area (Å²) >= 11 is 0. The number of hydrogen-bond acceptors (Lipinski definition) is 4. The number of rotatable bonds is 3. The molecule has 1 aliphatic rings. The number of aryl methyl sites for hydroxylation is 1. The van der Waals surface area contributed by atoms with Gasteiger partial charge in [0.1, 0.15) is 0 Å². The van der Waals surface area contributed by atoms with E-state index in [-0.39, 0.29) is 17.6 Å². The molecule has 3 rings (SSSR count). The van der Waals surface area contributed by atoms with E-state index in [9.17, 15) is 14.9 Å². The molecule has 1 heterocycles. The third-order valence-corrected chi connectivity index (χ3v) is 4.00. The van der Waals surface area contributed by atoms with Crippen LogP contribution in [0.1, 0.15) is 40.5 Å². The Morgan fingerprint density at radius 3 is 3.09 bits per heavy atom. The molecule has 1 N–H and O–H groups in total. The fourth-order valence-corrected chi connectivity index (χ4v) is 2.86. The minimum atomic E-state index is -0.503. The fourth-order valence-electron chi connectivity index (χ4n) is 2.86. The summed E-state index contributed by atoms with van der Waals surface area (Å²) in [6.45, 7) is 0. The molecule has 1 aromatic carbocycles. The summed E-state index contributed by atoms with van der Waals surface area (Å²) < 4.78 is 1.83. The molecule has 0 aliphatic heterocycles. The third kappa shape index (κ3) is 2.57. The van der Waals surface area contributed by atoms with Crippen LogP contribution < -0.4 is 5.32 Å². The molecule has 1 unspecified atom stereocenters. The first-order valence-corrected chi connectivity index (χ1v) is 7.12. The number of benzene rings is 1. The van der Waals surface area contributed by atoms with Crippen LogP contribution >= 0.6 is 0 Å². The highest BCUT2D eigenvalue weighted by molar-refractivity contribution is 5.95. The van der Waals surface area contributed by atoms with Crippen molar-refractivity contribution in [3.8, 4) is 0 Å². The van der Waals surface area contributed by atoms with Crippen molar-refractivity contribution >= 4 is 11.6 Å². The van der Waals surface area contributed by atoms with Gasteiger partial charge in [0.15, 0.2) is 0 Å². The minimum Gasteiger partial charge on any atom is -0.345 e. The highest BCUT2D eigenvalue weighted by Gasteiger charge is 2.25. The summed E-state index contributed by atoms with van der Waals surface area (Å²) in [5.41, 5.74) is 2.38. The lowest BCUT2D eigenvalue weighted by Crippen LogP contribution is -2.31. The predicted molar refractivity (Wildman–Crippen MR) is 79.4 cm³/mol. The first kappa shape index (κ1) is 14.2. The summed E-state index contributed by atoms with van der Waals surface area (Å²) in [5.74, 6) is -0.301. The number of amides is 1. The Kier molecular flexibility index (Phi) is 3.62. The van der Waals surface area contributed by atoms with Gasteiger partial charge in [-0.25, -0.2) is 0 Å². The maximum absolute atomic E-state index is 12.3. The Morgan fingerprint density at radius 1 is 1.50 bits per heavy atom. The number of hydrogen-bond donors (Lipinski definition) is 1. The van der Waals surface area contributed by atoms with Gasteiger partial charge in [-0.15, -0.1) is 0 Å². The summed E-state index contributed by atoms with van der Waals surface area (Å²) in [7, 11) is 1.89. The Bertz CT molecular complexity index is 738. The molecule has 1 aromatic heterocycles. The van der Waals surface area contributed by atoms with Crippen LogP contribution in [0.2, 0.25) is 0 Å². The van der Waals surface area contributed by atoms with Crippen molar-refractivity contribution in [3.05, 3.63) is 57.4 Å². The monoisotopic (exact) mass is 300 g/mol. The number of fused-ring (bicyclic) bond motifs is 1. The van der Waals surface area contributed by atoms with Crippen molar-refractivity contribution in [2.45, 2.75) is 25.3 Å². The molecule has 7 nitrogen and oxygen atoms in total. The molecule has 0 saturated carbocycles. The largest absolute Gasteiger partial charge is 0.345 e. The SMILES string of the molecule is Cn1ncc2c1CCCC2NC(=O)c1cccc([N+](=O)[O-])c1. The molecule has 2 aromatic rings. The molecule has 114 valence electrons. The molecular formula is C15H16N4O3. The Balaban J connectivity index is 1.81. The van der Waals surface area contributed by atoms with Crippen LogP contribution in [0.3, 0.4) is 0 Å². The number of nitro benzene ring substituents is 1. The van der Waals surface area contributed by atoms with Crippen LogP contribution in [0, 0.1) is 10.1 Å². The van der Waals surface area contributed by atoms with Crippen LogP contribution in [0.5, 0.6) is 0 Å². The number of aromatic nitrogens is 2.